The van der Waals surface area contributed by atoms with Gasteiger partial charge in [-0.1, -0.05) is 11.8 Å². The Hall–Kier alpha value is -1.87. The minimum atomic E-state index is -0.244. The minimum Gasteiger partial charge on any atom is -0.308 e. The summed E-state index contributed by atoms with van der Waals surface area (Å²) < 4.78 is 1.43. The molecular formula is C9H13N7OS. The van der Waals surface area contributed by atoms with Crippen molar-refractivity contribution in [3.63, 3.8) is 0 Å². The summed E-state index contributed by atoms with van der Waals surface area (Å²) in [6.07, 6.45) is 0. The van der Waals surface area contributed by atoms with Gasteiger partial charge in [0.05, 0.1) is 5.75 Å². The summed E-state index contributed by atoms with van der Waals surface area (Å²) in [4.78, 5) is 19.7. The molecule has 0 unspecified atom stereocenters. The fourth-order valence-electron chi connectivity index (χ4n) is 1.36. The third-order valence-electron chi connectivity index (χ3n) is 2.22. The molecule has 2 aromatic heterocycles. The molecule has 0 bridgehead atoms. The number of aromatic nitrogens is 5. The molecule has 0 radical (unpaired) electrons. The third kappa shape index (κ3) is 2.68. The number of rotatable bonds is 4. The highest BCUT2D eigenvalue weighted by Gasteiger charge is 2.07. The van der Waals surface area contributed by atoms with E-state index in [1.54, 1.807) is 13.1 Å². The van der Waals surface area contributed by atoms with E-state index in [2.05, 4.69) is 25.6 Å². The van der Waals surface area contributed by atoms with Gasteiger partial charge in [-0.15, -0.1) is 5.10 Å². The molecule has 2 aromatic rings. The summed E-state index contributed by atoms with van der Waals surface area (Å²) in [6, 6.07) is 1.75. The number of anilines is 1. The van der Waals surface area contributed by atoms with Crippen molar-refractivity contribution in [1.82, 2.24) is 24.7 Å². The first-order valence-corrected chi connectivity index (χ1v) is 6.14. The largest absolute Gasteiger partial charge is 0.343 e. The molecule has 0 spiro atoms. The van der Waals surface area contributed by atoms with E-state index in [4.69, 9.17) is 5.84 Å². The highest BCUT2D eigenvalue weighted by molar-refractivity contribution is 7.98. The smallest absolute Gasteiger partial charge is 0.308 e. The average molecular weight is 267 g/mol. The Bertz CT molecular complexity index is 605. The molecule has 0 atom stereocenters. The summed E-state index contributed by atoms with van der Waals surface area (Å²) in [5.74, 6) is 7.01. The lowest BCUT2D eigenvalue weighted by molar-refractivity contribution is 0.765. The zero-order valence-corrected chi connectivity index (χ0v) is 10.8. The number of nitrogens with one attached hydrogen (secondary N) is 2. The quantitative estimate of drug-likeness (QED) is 0.398. The lowest BCUT2D eigenvalue weighted by atomic mass is 10.4. The molecule has 0 aliphatic carbocycles. The Morgan fingerprint density at radius 1 is 1.56 bits per heavy atom. The van der Waals surface area contributed by atoms with Crippen molar-refractivity contribution in [2.24, 2.45) is 12.9 Å². The molecule has 8 nitrogen and oxygen atoms in total. The topological polar surface area (TPSA) is 115 Å². The van der Waals surface area contributed by atoms with Crippen LogP contribution >= 0.6 is 11.8 Å². The van der Waals surface area contributed by atoms with Crippen LogP contribution in [-0.4, -0.2) is 24.7 Å². The van der Waals surface area contributed by atoms with Gasteiger partial charge < -0.3 is 5.43 Å². The minimum absolute atomic E-state index is 0.244. The van der Waals surface area contributed by atoms with Gasteiger partial charge in [0, 0.05) is 18.8 Å². The number of aromatic amines is 1. The van der Waals surface area contributed by atoms with Crippen molar-refractivity contribution < 1.29 is 0 Å². The van der Waals surface area contributed by atoms with Crippen LogP contribution in [0.5, 0.6) is 0 Å². The van der Waals surface area contributed by atoms with Crippen LogP contribution in [0.15, 0.2) is 16.0 Å². The van der Waals surface area contributed by atoms with Crippen LogP contribution in [0, 0.1) is 6.92 Å². The molecule has 0 aliphatic heterocycles. The van der Waals surface area contributed by atoms with Crippen molar-refractivity contribution in [3.05, 3.63) is 28.1 Å². The van der Waals surface area contributed by atoms with E-state index >= 15 is 0 Å². The number of hydrazine groups is 1. The molecule has 0 fully saturated rings. The van der Waals surface area contributed by atoms with E-state index in [1.807, 2.05) is 6.92 Å². The second-order valence-electron chi connectivity index (χ2n) is 3.61. The van der Waals surface area contributed by atoms with Crippen LogP contribution in [0.3, 0.4) is 0 Å². The predicted octanol–water partition coefficient (Wildman–Crippen LogP) is -0.215. The molecule has 4 N–H and O–H groups in total. The molecular weight excluding hydrogens is 254 g/mol. The van der Waals surface area contributed by atoms with E-state index in [-0.39, 0.29) is 5.69 Å². The standard InChI is InChI=1S/C9H13N7OS/c1-5-3-6(13-10)12-7(11-5)4-18-9-15-14-8(17)16(9)2/h3H,4,10H2,1-2H3,(H,14,17)(H,11,12,13). The van der Waals surface area contributed by atoms with Gasteiger partial charge in [0.2, 0.25) is 0 Å². The maximum atomic E-state index is 11.2. The summed E-state index contributed by atoms with van der Waals surface area (Å²) in [5.41, 5.74) is 3.06. The molecule has 18 heavy (non-hydrogen) atoms. The lowest BCUT2D eigenvalue weighted by Crippen LogP contribution is -2.13. The number of hydrogen-bond donors (Lipinski definition) is 3. The summed E-state index contributed by atoms with van der Waals surface area (Å²) in [7, 11) is 1.65. The molecule has 96 valence electrons. The summed E-state index contributed by atoms with van der Waals surface area (Å²) in [5, 5.41) is 6.85. The second-order valence-corrected chi connectivity index (χ2v) is 4.56. The molecule has 0 amide bonds. The van der Waals surface area contributed by atoms with E-state index in [0.29, 0.717) is 22.6 Å². The predicted molar refractivity (Wildman–Crippen MR) is 68.0 cm³/mol. The molecule has 9 heteroatoms. The molecule has 0 aliphatic rings. The van der Waals surface area contributed by atoms with Gasteiger partial charge in [0.15, 0.2) is 5.16 Å². The number of nitrogens with two attached hydrogens (primary N) is 1. The van der Waals surface area contributed by atoms with Crippen molar-refractivity contribution >= 4 is 17.6 Å². The van der Waals surface area contributed by atoms with Gasteiger partial charge >= 0.3 is 5.69 Å². The number of aryl methyl sites for hydroxylation is 1. The maximum absolute atomic E-state index is 11.2. The van der Waals surface area contributed by atoms with Gasteiger partial charge in [-0.05, 0) is 6.92 Å². The number of nitrogen functional groups attached to an aromatic ring is 1. The van der Waals surface area contributed by atoms with Gasteiger partial charge in [0.25, 0.3) is 0 Å². The molecule has 2 heterocycles. The molecule has 0 saturated heterocycles. The highest BCUT2D eigenvalue weighted by atomic mass is 32.2. The van der Waals surface area contributed by atoms with E-state index in [9.17, 15) is 4.79 Å². The maximum Gasteiger partial charge on any atom is 0.343 e. The van der Waals surface area contributed by atoms with Crippen LogP contribution < -0.4 is 17.0 Å². The molecule has 0 saturated carbocycles. The van der Waals surface area contributed by atoms with Crippen molar-refractivity contribution in [3.8, 4) is 0 Å². The van der Waals surface area contributed by atoms with Crippen molar-refractivity contribution in [1.29, 1.82) is 0 Å². The lowest BCUT2D eigenvalue weighted by Gasteiger charge is -2.04. The SMILES string of the molecule is Cc1cc(NN)nc(CSc2n[nH]c(=O)n2C)n1. The normalized spacial score (nSPS) is 10.6. The van der Waals surface area contributed by atoms with Gasteiger partial charge in [-0.3, -0.25) is 4.57 Å². The van der Waals surface area contributed by atoms with Gasteiger partial charge in [-0.25, -0.2) is 25.7 Å². The monoisotopic (exact) mass is 267 g/mol. The van der Waals surface area contributed by atoms with Crippen LogP contribution in [0.25, 0.3) is 0 Å². The number of thioether (sulfide) groups is 1. The Kier molecular flexibility index (Phi) is 3.63. The Morgan fingerprint density at radius 2 is 2.33 bits per heavy atom. The summed E-state index contributed by atoms with van der Waals surface area (Å²) in [6.45, 7) is 1.86. The van der Waals surface area contributed by atoms with E-state index < -0.39 is 0 Å². The number of nitrogens with zero attached hydrogens (tertiary/aromatic N) is 4. The first kappa shape index (κ1) is 12.6. The first-order valence-electron chi connectivity index (χ1n) is 5.15. The second kappa shape index (κ2) is 5.19. The highest BCUT2D eigenvalue weighted by Crippen LogP contribution is 2.17. The van der Waals surface area contributed by atoms with Crippen LogP contribution in [-0.2, 0) is 12.8 Å². The fraction of sp³-hybridized carbons (Fsp3) is 0.333. The van der Waals surface area contributed by atoms with E-state index in [1.165, 1.54) is 16.3 Å². The average Bonchev–Trinajstić information content (AvgIpc) is 2.67. The van der Waals surface area contributed by atoms with Crippen molar-refractivity contribution in [2.45, 2.75) is 17.8 Å². The van der Waals surface area contributed by atoms with Crippen molar-refractivity contribution in [2.75, 3.05) is 5.43 Å². The molecule has 0 aromatic carbocycles. The van der Waals surface area contributed by atoms with Gasteiger partial charge in [0.1, 0.15) is 11.6 Å². The zero-order chi connectivity index (χ0) is 13.1. The van der Waals surface area contributed by atoms with Gasteiger partial charge in [-0.2, -0.15) is 0 Å². The van der Waals surface area contributed by atoms with E-state index in [0.717, 1.165) is 5.69 Å². The fourth-order valence-corrected chi connectivity index (χ4v) is 2.13. The Labute approximate surface area is 107 Å². The molecule has 2 rings (SSSR count). The Morgan fingerprint density at radius 3 is 2.94 bits per heavy atom. The third-order valence-corrected chi connectivity index (χ3v) is 3.24. The zero-order valence-electron chi connectivity index (χ0n) is 9.97. The first-order chi connectivity index (χ1) is 8.60. The van der Waals surface area contributed by atoms with Crippen LogP contribution in [0.4, 0.5) is 5.82 Å². The number of H-pyrrole nitrogens is 1. The Balaban J connectivity index is 2.13. The van der Waals surface area contributed by atoms with Crippen LogP contribution in [0.1, 0.15) is 11.5 Å². The number of hydrogen-bond acceptors (Lipinski definition) is 7. The van der Waals surface area contributed by atoms with Crippen LogP contribution in [0.2, 0.25) is 0 Å². The summed E-state index contributed by atoms with van der Waals surface area (Å²) >= 11 is 1.38.